The first-order valence-corrected chi connectivity index (χ1v) is 24.4. The average Bonchev–Trinajstić information content (AvgIpc) is 3.17. The molecule has 0 heterocycles. The van der Waals surface area contributed by atoms with Crippen LogP contribution in [0, 0.1) is 118 Å². The maximum Gasteiger partial charge on any atom is 0.161 e. The summed E-state index contributed by atoms with van der Waals surface area (Å²) in [6, 6.07) is 0. The van der Waals surface area contributed by atoms with E-state index in [-0.39, 0.29) is 57.5 Å². The zero-order chi connectivity index (χ0) is 41.5. The topological polar surface area (TPSA) is 68.3 Å². The fourth-order valence-electron chi connectivity index (χ4n) is 17.1. The molecule has 20 atom stereocenters. The third kappa shape index (κ3) is 8.77. The second-order valence-electron chi connectivity index (χ2n) is 22.8. The Morgan fingerprint density at radius 1 is 0.475 bits per heavy atom. The lowest BCUT2D eigenvalue weighted by molar-refractivity contribution is -0.159. The van der Waals surface area contributed by atoms with Gasteiger partial charge in [0.15, 0.2) is 11.6 Å². The summed E-state index contributed by atoms with van der Waals surface area (Å²) >= 11 is 0. The quantitative estimate of drug-likeness (QED) is 0.180. The van der Waals surface area contributed by atoms with Crippen LogP contribution in [0.15, 0.2) is 48.6 Å². The Hall–Kier alpha value is -2.36. The van der Waals surface area contributed by atoms with E-state index in [1.807, 2.05) is 6.92 Å². The molecule has 0 amide bonds. The first kappa shape index (κ1) is 49.7. The van der Waals surface area contributed by atoms with Gasteiger partial charge in [-0.2, -0.15) is 0 Å². The lowest BCUT2D eigenvalue weighted by Crippen LogP contribution is -2.57. The zero-order valence-electron chi connectivity index (χ0n) is 37.3. The molecule has 0 unspecified atom stereocenters. The number of hydrogen-bond acceptors (Lipinski definition) is 4. The van der Waals surface area contributed by atoms with E-state index in [2.05, 4.69) is 60.9 Å². The van der Waals surface area contributed by atoms with Crippen LogP contribution in [0.3, 0.4) is 0 Å². The van der Waals surface area contributed by atoms with E-state index in [4.69, 9.17) is 0 Å². The van der Waals surface area contributed by atoms with Crippen LogP contribution >= 0.6 is 0 Å². The highest BCUT2D eigenvalue weighted by atomic mass is 16.1. The van der Waals surface area contributed by atoms with Gasteiger partial charge in [0.05, 0.1) is 0 Å². The Morgan fingerprint density at radius 2 is 1.05 bits per heavy atom. The lowest BCUT2D eigenvalue weighted by Gasteiger charge is -2.58. The largest absolute Gasteiger partial charge is 0.299 e. The molecule has 10 aliphatic rings. The number of fused-ring (bicyclic) bond motifs is 6. The second kappa shape index (κ2) is 19.4. The van der Waals surface area contributed by atoms with Crippen molar-refractivity contribution < 1.29 is 19.2 Å². The van der Waals surface area contributed by atoms with E-state index < -0.39 is 0 Å². The Bertz CT molecular complexity index is 1710. The SMILES string of the molecule is C.C.C.C=C1C(=O)[C@H](C)C[C@@H]2C[C@H](C)[C@H]3CCC(=O)C(=C)[C@@H]3[C@@H]12.C=C1C[C@H](C)C[C@@H]2C[C@H](C)[C@H]3CCCC(=C)[C@@H]3[C@@H]12.C[C@@H]1C[C@@H]2C[C@H](C)[C@H]3CCC(=O)[C@H]4CC[C@H](C1=O)[C@@H]2[C@H]34. The van der Waals surface area contributed by atoms with Crippen LogP contribution in [-0.2, 0) is 19.2 Å². The maximum absolute atomic E-state index is 12.6. The van der Waals surface area contributed by atoms with Crippen LogP contribution in [0.5, 0.6) is 0 Å². The second-order valence-corrected chi connectivity index (χ2v) is 22.8. The highest BCUT2D eigenvalue weighted by Gasteiger charge is 2.58. The van der Waals surface area contributed by atoms with Crippen LogP contribution in [0.25, 0.3) is 0 Å². The molecule has 10 fully saturated rings. The normalized spacial score (nSPS) is 47.0. The van der Waals surface area contributed by atoms with E-state index >= 15 is 0 Å². The van der Waals surface area contributed by atoms with Crippen LogP contribution in [0.2, 0.25) is 0 Å². The van der Waals surface area contributed by atoms with Crippen LogP contribution in [0.4, 0.5) is 0 Å². The van der Waals surface area contributed by atoms with Gasteiger partial charge in [0, 0.05) is 36.5 Å². The third-order valence-electron chi connectivity index (χ3n) is 19.4. The van der Waals surface area contributed by atoms with Gasteiger partial charge in [-0.3, -0.25) is 19.2 Å². The number of carbonyl (C=O) groups excluding carboxylic acids is 4. The molecule has 342 valence electrons. The van der Waals surface area contributed by atoms with Gasteiger partial charge < -0.3 is 0 Å². The zero-order valence-corrected chi connectivity index (χ0v) is 37.3. The highest BCUT2D eigenvalue weighted by Crippen LogP contribution is 2.61. The van der Waals surface area contributed by atoms with E-state index in [9.17, 15) is 19.2 Å². The van der Waals surface area contributed by atoms with Gasteiger partial charge in [-0.25, -0.2) is 0 Å². The first-order valence-electron chi connectivity index (χ1n) is 24.4. The molecule has 0 aromatic carbocycles. The molecule has 0 aliphatic heterocycles. The molecule has 4 nitrogen and oxygen atoms in total. The molecule has 0 spiro atoms. The summed E-state index contributed by atoms with van der Waals surface area (Å²) in [5, 5.41) is 0. The Kier molecular flexibility index (Phi) is 15.8. The van der Waals surface area contributed by atoms with Crippen molar-refractivity contribution in [3.63, 3.8) is 0 Å². The number of Topliss-reactive ketones (excluding diaryl/α,β-unsaturated/α-hetero) is 4. The smallest absolute Gasteiger partial charge is 0.161 e. The Morgan fingerprint density at radius 3 is 1.74 bits per heavy atom. The summed E-state index contributed by atoms with van der Waals surface area (Å²) in [6.45, 7) is 30.8. The molecule has 0 radical (unpaired) electrons. The summed E-state index contributed by atoms with van der Waals surface area (Å²) < 4.78 is 0. The minimum Gasteiger partial charge on any atom is -0.299 e. The molecule has 0 aromatic heterocycles. The minimum absolute atomic E-state index is 0. The standard InChI is InChI=1S/C18H26O2.C18H24O2.C18H28.3CH4/c1-9-7-11-8-10(2)18(20)14-4-3-13-15(19)6-5-12(9)17(13)16(11)14;1-9-7-13-8-10(2)18(20)12(4)16(13)17-11(3)15(19)6-5-14(9)17;1-11-8-14(4)17-15(9-11)10-13(3)16-7-5-6-12(2)18(16)17;;;/h9-14,16-17H,3-8H2,1-2H3;9-10,13-14,16-17H,3-8H2,1-2H3;11,13,15-18H,2,4-10H2,1,3H3;3*1H4/t9-,10+,11-,12+,13+,14-,16+,17+;9-,10+,13-,14+,16-,17-;11-,13-,15+,16+,17-,18-;;;/m000.../s1. The van der Waals surface area contributed by atoms with Gasteiger partial charge >= 0.3 is 0 Å². The van der Waals surface area contributed by atoms with E-state index in [0.29, 0.717) is 59.4 Å². The van der Waals surface area contributed by atoms with Gasteiger partial charge in [0.1, 0.15) is 11.6 Å². The number of hydrogen-bond donors (Lipinski definition) is 0. The van der Waals surface area contributed by atoms with Crippen molar-refractivity contribution in [3.8, 4) is 0 Å². The van der Waals surface area contributed by atoms with Crippen LogP contribution < -0.4 is 0 Å². The predicted molar refractivity (Wildman–Crippen MR) is 254 cm³/mol. The predicted octanol–water partition coefficient (Wildman–Crippen LogP) is 14.2. The fourth-order valence-corrected chi connectivity index (χ4v) is 17.1. The molecule has 0 saturated heterocycles. The molecule has 10 saturated carbocycles. The maximum atomic E-state index is 12.6. The summed E-state index contributed by atoms with van der Waals surface area (Å²) in [5.41, 5.74) is 4.66. The minimum atomic E-state index is 0. The van der Waals surface area contributed by atoms with Gasteiger partial charge in [0.25, 0.3) is 0 Å². The molecule has 0 aromatic rings. The molecule has 4 heteroatoms. The van der Waals surface area contributed by atoms with Crippen molar-refractivity contribution in [1.29, 1.82) is 0 Å². The Labute approximate surface area is 374 Å². The molecular weight excluding hydrogens is 749 g/mol. The van der Waals surface area contributed by atoms with E-state index in [0.717, 1.165) is 109 Å². The summed E-state index contributed by atoms with van der Waals surface area (Å²) in [4.78, 5) is 49.3. The summed E-state index contributed by atoms with van der Waals surface area (Å²) in [6.07, 6.45) is 18.3. The molecule has 10 aliphatic carbocycles. The van der Waals surface area contributed by atoms with Gasteiger partial charge in [0.2, 0.25) is 0 Å². The van der Waals surface area contributed by atoms with Crippen molar-refractivity contribution in [2.75, 3.05) is 0 Å². The average molecular weight is 839 g/mol. The Balaban J connectivity index is 0.000000169. The summed E-state index contributed by atoms with van der Waals surface area (Å²) in [7, 11) is 0. The fraction of sp³-hybridized carbons (Fsp3) is 0.789. The molecule has 0 N–H and O–H groups in total. The van der Waals surface area contributed by atoms with Crippen molar-refractivity contribution in [3.05, 3.63) is 48.6 Å². The van der Waals surface area contributed by atoms with Crippen LogP contribution in [0.1, 0.15) is 167 Å². The monoisotopic (exact) mass is 839 g/mol. The third-order valence-corrected chi connectivity index (χ3v) is 19.4. The van der Waals surface area contributed by atoms with Crippen LogP contribution in [-0.4, -0.2) is 23.1 Å². The number of ketones is 4. The number of rotatable bonds is 0. The van der Waals surface area contributed by atoms with Crippen molar-refractivity contribution in [2.45, 2.75) is 167 Å². The molecule has 61 heavy (non-hydrogen) atoms. The lowest BCUT2D eigenvalue weighted by atomic mass is 9.45. The van der Waals surface area contributed by atoms with Crippen molar-refractivity contribution >= 4 is 23.1 Å². The number of allylic oxidation sites excluding steroid dienone is 4. The molecule has 0 bridgehead atoms. The highest BCUT2D eigenvalue weighted by molar-refractivity contribution is 6.00. The van der Waals surface area contributed by atoms with Gasteiger partial charge in [-0.05, 0) is 196 Å². The van der Waals surface area contributed by atoms with Crippen molar-refractivity contribution in [2.24, 2.45) is 118 Å². The van der Waals surface area contributed by atoms with Gasteiger partial charge in [-0.1, -0.05) is 101 Å². The molecular formula is C57H90O4. The molecule has 10 rings (SSSR count). The number of carbonyl (C=O) groups is 4. The van der Waals surface area contributed by atoms with E-state index in [1.165, 1.54) is 51.4 Å². The van der Waals surface area contributed by atoms with Gasteiger partial charge in [-0.15, -0.1) is 0 Å². The summed E-state index contributed by atoms with van der Waals surface area (Å²) in [5.74, 6) is 12.9. The first-order chi connectivity index (χ1) is 27.6. The van der Waals surface area contributed by atoms with Crippen molar-refractivity contribution in [1.82, 2.24) is 0 Å². The van der Waals surface area contributed by atoms with E-state index in [1.54, 1.807) is 11.1 Å².